The molecule has 144 valence electrons. The lowest BCUT2D eigenvalue weighted by atomic mass is 10.9. The molecule has 0 aliphatic carbocycles. The van der Waals surface area contributed by atoms with E-state index in [1.807, 2.05) is 0 Å². The van der Waals surface area contributed by atoms with Gasteiger partial charge < -0.3 is 9.11 Å². The Labute approximate surface area is 147 Å². The van der Waals surface area contributed by atoms with Crippen molar-refractivity contribution in [2.45, 2.75) is 55.4 Å². The maximum absolute atomic E-state index is 8.52. The topological polar surface area (TPSA) is 80.3 Å². The molecule has 0 heterocycles. The molecule has 0 amide bonds. The maximum atomic E-state index is 8.52. The highest BCUT2D eigenvalue weighted by atomic mass is 32.3. The molecule has 0 aromatic carbocycles. The van der Waals surface area contributed by atoms with Crippen molar-refractivity contribution in [3.8, 4) is 0 Å². The predicted molar refractivity (Wildman–Crippen MR) is 109 cm³/mol. The fourth-order valence-electron chi connectivity index (χ4n) is 2.68. The van der Waals surface area contributed by atoms with E-state index in [-0.39, 0.29) is 0 Å². The summed E-state index contributed by atoms with van der Waals surface area (Å²) in [6, 6.07) is 0. The fourth-order valence-corrected chi connectivity index (χ4v) is 8.05. The van der Waals surface area contributed by atoms with E-state index in [2.05, 4.69) is 55.4 Å². The molecule has 0 radical (unpaired) electrons. The van der Waals surface area contributed by atoms with E-state index in [0.29, 0.717) is 0 Å². The standard InChI is InChI=1S/2C8H20P.H2O4S/c2*1-5-9(6-2,7-3)8-4;1-5(2,3)4/h2*5-8H2,1-4H3;(H2,1,2,3,4)/q2*+1;/p-2. The van der Waals surface area contributed by atoms with Gasteiger partial charge in [-0.15, -0.1) is 0 Å². The van der Waals surface area contributed by atoms with Crippen molar-refractivity contribution in [2.24, 2.45) is 0 Å². The summed E-state index contributed by atoms with van der Waals surface area (Å²) in [6.07, 6.45) is 11.6. The molecule has 0 aromatic rings. The van der Waals surface area contributed by atoms with E-state index in [1.165, 1.54) is 49.3 Å². The Morgan fingerprint density at radius 3 is 0.609 bits per heavy atom. The molecular formula is C16H40O4P2S. The Morgan fingerprint density at radius 1 is 0.522 bits per heavy atom. The van der Waals surface area contributed by atoms with Crippen LogP contribution in [0.2, 0.25) is 0 Å². The van der Waals surface area contributed by atoms with E-state index < -0.39 is 24.9 Å². The Hall–Kier alpha value is 0.730. The van der Waals surface area contributed by atoms with Gasteiger partial charge in [-0.25, -0.2) is 0 Å². The molecule has 0 atom stereocenters. The van der Waals surface area contributed by atoms with Gasteiger partial charge in [0, 0.05) is 24.9 Å². The minimum Gasteiger partial charge on any atom is -0.759 e. The average Bonchev–Trinajstić information content (AvgIpc) is 2.52. The molecule has 0 saturated carbocycles. The second kappa shape index (κ2) is 15.0. The van der Waals surface area contributed by atoms with Gasteiger partial charge in [-0.1, -0.05) is 0 Å². The number of hydrogen-bond donors (Lipinski definition) is 0. The molecular weight excluding hydrogens is 350 g/mol. The fraction of sp³-hybridized carbons (Fsp3) is 1.00. The largest absolute Gasteiger partial charge is 0.759 e. The number of rotatable bonds is 8. The second-order valence-corrected chi connectivity index (χ2v) is 16.9. The highest BCUT2D eigenvalue weighted by Gasteiger charge is 2.28. The quantitative estimate of drug-likeness (QED) is 0.338. The van der Waals surface area contributed by atoms with Crippen LogP contribution in [-0.2, 0) is 10.4 Å². The van der Waals surface area contributed by atoms with E-state index in [0.717, 1.165) is 0 Å². The Bertz CT molecular complexity index is 288. The molecule has 0 N–H and O–H groups in total. The van der Waals surface area contributed by atoms with E-state index in [1.54, 1.807) is 0 Å². The summed E-state index contributed by atoms with van der Waals surface area (Å²) in [6.45, 7) is 18.8. The predicted octanol–water partition coefficient (Wildman–Crippen LogP) is 4.83. The van der Waals surface area contributed by atoms with Crippen LogP contribution in [0.25, 0.3) is 0 Å². The van der Waals surface area contributed by atoms with Gasteiger partial charge in [0.25, 0.3) is 0 Å². The van der Waals surface area contributed by atoms with Crippen LogP contribution in [0.3, 0.4) is 0 Å². The summed E-state index contributed by atoms with van der Waals surface area (Å²) in [5, 5.41) is 0. The molecule has 0 saturated heterocycles. The smallest absolute Gasteiger partial charge is 0.0565 e. The summed E-state index contributed by atoms with van der Waals surface area (Å²) in [7, 11) is -6.01. The zero-order valence-electron chi connectivity index (χ0n) is 16.6. The van der Waals surface area contributed by atoms with Crippen molar-refractivity contribution in [3.63, 3.8) is 0 Å². The van der Waals surface area contributed by atoms with Gasteiger partial charge in [-0.3, -0.25) is 8.42 Å². The van der Waals surface area contributed by atoms with Gasteiger partial charge in [0.05, 0.1) is 49.3 Å². The van der Waals surface area contributed by atoms with E-state index in [4.69, 9.17) is 17.5 Å². The van der Waals surface area contributed by atoms with Crippen molar-refractivity contribution in [3.05, 3.63) is 0 Å². The summed E-state index contributed by atoms with van der Waals surface area (Å²) in [4.78, 5) is 0. The molecule has 0 spiro atoms. The van der Waals surface area contributed by atoms with Crippen LogP contribution in [0.5, 0.6) is 0 Å². The third-order valence-electron chi connectivity index (χ3n) is 5.37. The number of hydrogen-bond acceptors (Lipinski definition) is 4. The lowest BCUT2D eigenvalue weighted by Crippen LogP contribution is -2.04. The van der Waals surface area contributed by atoms with Crippen LogP contribution in [0, 0.1) is 0 Å². The Kier molecular flexibility index (Phi) is 18.6. The van der Waals surface area contributed by atoms with Crippen LogP contribution in [0.4, 0.5) is 0 Å². The minimum atomic E-state index is -5.17. The first-order valence-corrected chi connectivity index (χ1v) is 15.2. The summed E-state index contributed by atoms with van der Waals surface area (Å²) in [5.74, 6) is 0. The van der Waals surface area contributed by atoms with Gasteiger partial charge in [-0.2, -0.15) is 0 Å². The van der Waals surface area contributed by atoms with Gasteiger partial charge in [-0.05, 0) is 55.4 Å². The summed E-state index contributed by atoms with van der Waals surface area (Å²) >= 11 is 0. The molecule has 0 aliphatic rings. The molecule has 4 nitrogen and oxygen atoms in total. The molecule has 0 aromatic heterocycles. The highest BCUT2D eigenvalue weighted by Crippen LogP contribution is 2.57. The second-order valence-electron chi connectivity index (χ2n) is 5.62. The first-order chi connectivity index (χ1) is 10.5. The van der Waals surface area contributed by atoms with Crippen LogP contribution < -0.4 is 0 Å². The molecule has 23 heavy (non-hydrogen) atoms. The zero-order valence-corrected chi connectivity index (χ0v) is 19.2. The summed E-state index contributed by atoms with van der Waals surface area (Å²) < 4.78 is 34.1. The minimum absolute atomic E-state index is 0.420. The van der Waals surface area contributed by atoms with Crippen molar-refractivity contribution >= 4 is 24.9 Å². The van der Waals surface area contributed by atoms with Crippen molar-refractivity contribution in [1.82, 2.24) is 0 Å². The Balaban J connectivity index is -0.000000273. The van der Waals surface area contributed by atoms with Crippen molar-refractivity contribution in [1.29, 1.82) is 0 Å². The van der Waals surface area contributed by atoms with E-state index >= 15 is 0 Å². The van der Waals surface area contributed by atoms with Crippen molar-refractivity contribution in [2.75, 3.05) is 49.3 Å². The average molecular weight is 391 g/mol. The van der Waals surface area contributed by atoms with Crippen LogP contribution in [-0.4, -0.2) is 66.8 Å². The molecule has 7 heteroatoms. The van der Waals surface area contributed by atoms with Crippen LogP contribution in [0.1, 0.15) is 55.4 Å². The molecule has 0 bridgehead atoms. The van der Waals surface area contributed by atoms with Crippen molar-refractivity contribution < 1.29 is 17.5 Å². The van der Waals surface area contributed by atoms with E-state index in [9.17, 15) is 0 Å². The monoisotopic (exact) mass is 390 g/mol. The van der Waals surface area contributed by atoms with Gasteiger partial charge in [0.15, 0.2) is 0 Å². The lowest BCUT2D eigenvalue weighted by Gasteiger charge is -2.20. The third-order valence-corrected chi connectivity index (χ3v) is 16.1. The molecule has 0 unspecified atom stereocenters. The zero-order chi connectivity index (χ0) is 19.2. The summed E-state index contributed by atoms with van der Waals surface area (Å²) in [5.41, 5.74) is 0. The van der Waals surface area contributed by atoms with Crippen LogP contribution >= 0.6 is 14.5 Å². The van der Waals surface area contributed by atoms with Gasteiger partial charge in [0.2, 0.25) is 0 Å². The molecule has 0 aliphatic heterocycles. The maximum Gasteiger partial charge on any atom is 0.0565 e. The first-order valence-electron chi connectivity index (χ1n) is 8.85. The molecule has 0 rings (SSSR count). The van der Waals surface area contributed by atoms with Gasteiger partial charge in [0.1, 0.15) is 0 Å². The van der Waals surface area contributed by atoms with Crippen LogP contribution in [0.15, 0.2) is 0 Å². The molecule has 0 fully saturated rings. The van der Waals surface area contributed by atoms with Gasteiger partial charge >= 0.3 is 0 Å². The Morgan fingerprint density at radius 2 is 0.609 bits per heavy atom. The highest BCUT2D eigenvalue weighted by molar-refractivity contribution is 7.79. The first kappa shape index (κ1) is 28.5. The lowest BCUT2D eigenvalue weighted by molar-refractivity contribution is 0.352. The third kappa shape index (κ3) is 16.0. The normalized spacial score (nSPS) is 11.9. The SMILES string of the molecule is CC[P+](CC)(CC)CC.CC[P+](CC)(CC)CC.O=S(=O)([O-])[O-].